The van der Waals surface area contributed by atoms with Crippen LogP contribution in [0.4, 0.5) is 0 Å². The van der Waals surface area contributed by atoms with Crippen LogP contribution in [0.1, 0.15) is 35.8 Å². The first-order valence-corrected chi connectivity index (χ1v) is 8.56. The summed E-state index contributed by atoms with van der Waals surface area (Å²) < 4.78 is 7.15. The smallest absolute Gasteiger partial charge is 0.228 e. The average molecular weight is 349 g/mol. The predicted octanol–water partition coefficient (Wildman–Crippen LogP) is 3.44. The molecule has 5 nitrogen and oxygen atoms in total. The highest BCUT2D eigenvalue weighted by Crippen LogP contribution is 2.24. The predicted molar refractivity (Wildman–Crippen MR) is 101 cm³/mol. The van der Waals surface area contributed by atoms with Gasteiger partial charge in [-0.1, -0.05) is 42.5 Å². The molecule has 0 aliphatic carbocycles. The zero-order chi connectivity index (χ0) is 18.5. The van der Waals surface area contributed by atoms with Gasteiger partial charge in [0.1, 0.15) is 17.6 Å². The summed E-state index contributed by atoms with van der Waals surface area (Å²) in [7, 11) is 3.56. The molecule has 1 heterocycles. The van der Waals surface area contributed by atoms with Crippen molar-refractivity contribution in [2.75, 3.05) is 7.11 Å². The average Bonchev–Trinajstić information content (AvgIpc) is 3.11. The van der Waals surface area contributed by atoms with E-state index in [2.05, 4.69) is 10.3 Å². The maximum atomic E-state index is 12.9. The Labute approximate surface area is 153 Å². The summed E-state index contributed by atoms with van der Waals surface area (Å²) in [6.45, 7) is 1.91. The van der Waals surface area contributed by atoms with Gasteiger partial charge in [0, 0.05) is 19.4 Å². The number of carbonyl (C=O) groups excluding carboxylic acids is 1. The second kappa shape index (κ2) is 7.87. The van der Waals surface area contributed by atoms with E-state index in [0.29, 0.717) is 0 Å². The first-order valence-electron chi connectivity index (χ1n) is 8.56. The Morgan fingerprint density at radius 2 is 1.77 bits per heavy atom. The summed E-state index contributed by atoms with van der Waals surface area (Å²) in [5.74, 6) is 1.26. The molecule has 0 spiro atoms. The Balaban J connectivity index is 1.88. The van der Waals surface area contributed by atoms with Crippen molar-refractivity contribution in [2.45, 2.75) is 18.9 Å². The molecule has 26 heavy (non-hydrogen) atoms. The van der Waals surface area contributed by atoms with Crippen LogP contribution in [0.2, 0.25) is 0 Å². The first kappa shape index (κ1) is 17.7. The van der Waals surface area contributed by atoms with E-state index in [0.717, 1.165) is 22.7 Å². The number of hydrogen-bond donors (Lipinski definition) is 1. The summed E-state index contributed by atoms with van der Waals surface area (Å²) in [5, 5.41) is 3.15. The third-order valence-electron chi connectivity index (χ3n) is 4.55. The molecule has 0 bridgehead atoms. The van der Waals surface area contributed by atoms with E-state index in [1.807, 2.05) is 79.3 Å². The largest absolute Gasteiger partial charge is 0.497 e. The summed E-state index contributed by atoms with van der Waals surface area (Å²) in [5.41, 5.74) is 1.94. The third kappa shape index (κ3) is 3.77. The van der Waals surface area contributed by atoms with E-state index >= 15 is 0 Å². The van der Waals surface area contributed by atoms with Crippen LogP contribution in [0.5, 0.6) is 5.75 Å². The molecule has 1 amide bonds. The van der Waals surface area contributed by atoms with Crippen molar-refractivity contribution in [1.82, 2.24) is 14.9 Å². The van der Waals surface area contributed by atoms with Crippen molar-refractivity contribution in [1.29, 1.82) is 0 Å². The number of hydrogen-bond acceptors (Lipinski definition) is 3. The van der Waals surface area contributed by atoms with Crippen LogP contribution in [0.3, 0.4) is 0 Å². The highest BCUT2D eigenvalue weighted by molar-refractivity contribution is 5.83. The summed E-state index contributed by atoms with van der Waals surface area (Å²) in [6.07, 6.45) is 3.61. The molecule has 2 aromatic carbocycles. The van der Waals surface area contributed by atoms with Crippen molar-refractivity contribution >= 4 is 5.91 Å². The molecule has 3 aromatic rings. The SMILES string of the molecule is COc1ccc([C@H](NC(=O)[C@H](C)c2ccccc2)c2nccn2C)cc1. The molecule has 0 radical (unpaired) electrons. The standard InChI is InChI=1S/C21H23N3O2/c1-15(16-7-5-4-6-8-16)21(25)23-19(20-22-13-14-24(20)2)17-9-11-18(26-3)12-10-17/h4-15,19H,1-3H3,(H,23,25)/t15-,19+/m1/s1. The lowest BCUT2D eigenvalue weighted by molar-refractivity contribution is -0.122. The number of aromatic nitrogens is 2. The molecule has 0 aliphatic heterocycles. The molecule has 1 N–H and O–H groups in total. The Morgan fingerprint density at radius 3 is 2.35 bits per heavy atom. The van der Waals surface area contributed by atoms with E-state index in [4.69, 9.17) is 4.74 Å². The van der Waals surface area contributed by atoms with Gasteiger partial charge in [0.25, 0.3) is 0 Å². The minimum atomic E-state index is -0.334. The molecule has 0 unspecified atom stereocenters. The van der Waals surface area contributed by atoms with E-state index < -0.39 is 0 Å². The quantitative estimate of drug-likeness (QED) is 0.742. The van der Waals surface area contributed by atoms with Crippen molar-refractivity contribution in [3.8, 4) is 5.75 Å². The van der Waals surface area contributed by atoms with Gasteiger partial charge in [0.15, 0.2) is 0 Å². The maximum absolute atomic E-state index is 12.9. The first-order chi connectivity index (χ1) is 12.6. The second-order valence-electron chi connectivity index (χ2n) is 6.24. The highest BCUT2D eigenvalue weighted by atomic mass is 16.5. The molecular formula is C21H23N3O2. The normalized spacial score (nSPS) is 13.0. The minimum absolute atomic E-state index is 0.0416. The number of nitrogens with one attached hydrogen (secondary N) is 1. The number of rotatable bonds is 6. The fraction of sp³-hybridized carbons (Fsp3) is 0.238. The van der Waals surface area contributed by atoms with Crippen molar-refractivity contribution in [2.24, 2.45) is 7.05 Å². The van der Waals surface area contributed by atoms with Crippen molar-refractivity contribution in [3.05, 3.63) is 83.9 Å². The number of benzene rings is 2. The fourth-order valence-corrected chi connectivity index (χ4v) is 2.91. The number of ether oxygens (including phenoxy) is 1. The Morgan fingerprint density at radius 1 is 1.08 bits per heavy atom. The van der Waals surface area contributed by atoms with Crippen LogP contribution in [0.25, 0.3) is 0 Å². The lowest BCUT2D eigenvalue weighted by atomic mass is 9.99. The molecular weight excluding hydrogens is 326 g/mol. The summed E-state index contributed by atoms with van der Waals surface area (Å²) in [4.78, 5) is 17.3. The Hall–Kier alpha value is -3.08. The number of methoxy groups -OCH3 is 1. The number of carbonyl (C=O) groups is 1. The monoisotopic (exact) mass is 349 g/mol. The maximum Gasteiger partial charge on any atom is 0.228 e. The zero-order valence-corrected chi connectivity index (χ0v) is 15.2. The summed E-state index contributed by atoms with van der Waals surface area (Å²) in [6, 6.07) is 17.1. The molecule has 1 aromatic heterocycles. The van der Waals surface area contributed by atoms with Gasteiger partial charge in [-0.3, -0.25) is 4.79 Å². The van der Waals surface area contributed by atoms with Gasteiger partial charge in [0.2, 0.25) is 5.91 Å². The molecule has 0 saturated heterocycles. The lowest BCUT2D eigenvalue weighted by Crippen LogP contribution is -2.34. The topological polar surface area (TPSA) is 56.1 Å². The van der Waals surface area contributed by atoms with Gasteiger partial charge in [-0.15, -0.1) is 0 Å². The second-order valence-corrected chi connectivity index (χ2v) is 6.24. The molecule has 0 saturated carbocycles. The van der Waals surface area contributed by atoms with Gasteiger partial charge in [0.05, 0.1) is 13.0 Å². The molecule has 0 fully saturated rings. The van der Waals surface area contributed by atoms with Crippen LogP contribution in [0, 0.1) is 0 Å². The molecule has 3 rings (SSSR count). The number of imidazole rings is 1. The van der Waals surface area contributed by atoms with Crippen LogP contribution >= 0.6 is 0 Å². The van der Waals surface area contributed by atoms with E-state index in [1.165, 1.54) is 0 Å². The molecule has 5 heteroatoms. The third-order valence-corrected chi connectivity index (χ3v) is 4.55. The Kier molecular flexibility index (Phi) is 5.37. The lowest BCUT2D eigenvalue weighted by Gasteiger charge is -2.22. The summed E-state index contributed by atoms with van der Waals surface area (Å²) >= 11 is 0. The zero-order valence-electron chi connectivity index (χ0n) is 15.2. The van der Waals surface area contributed by atoms with Crippen LogP contribution in [0.15, 0.2) is 67.0 Å². The van der Waals surface area contributed by atoms with Gasteiger partial charge >= 0.3 is 0 Å². The van der Waals surface area contributed by atoms with E-state index in [9.17, 15) is 4.79 Å². The Bertz CT molecular complexity index is 856. The number of aryl methyl sites for hydroxylation is 1. The fourth-order valence-electron chi connectivity index (χ4n) is 2.91. The molecule has 134 valence electrons. The van der Waals surface area contributed by atoms with Crippen LogP contribution in [-0.2, 0) is 11.8 Å². The number of nitrogens with zero attached hydrogens (tertiary/aromatic N) is 2. The minimum Gasteiger partial charge on any atom is -0.497 e. The van der Waals surface area contributed by atoms with Crippen LogP contribution < -0.4 is 10.1 Å². The van der Waals surface area contributed by atoms with Crippen molar-refractivity contribution in [3.63, 3.8) is 0 Å². The molecule has 0 aliphatic rings. The van der Waals surface area contributed by atoms with E-state index in [-0.39, 0.29) is 17.9 Å². The van der Waals surface area contributed by atoms with Gasteiger partial charge in [-0.25, -0.2) is 4.98 Å². The number of amides is 1. The van der Waals surface area contributed by atoms with Crippen LogP contribution in [-0.4, -0.2) is 22.6 Å². The van der Waals surface area contributed by atoms with Gasteiger partial charge < -0.3 is 14.6 Å². The van der Waals surface area contributed by atoms with Crippen molar-refractivity contribution < 1.29 is 9.53 Å². The van der Waals surface area contributed by atoms with Gasteiger partial charge in [-0.05, 0) is 30.2 Å². The van der Waals surface area contributed by atoms with Gasteiger partial charge in [-0.2, -0.15) is 0 Å². The highest BCUT2D eigenvalue weighted by Gasteiger charge is 2.24. The molecule has 2 atom stereocenters. The van der Waals surface area contributed by atoms with E-state index in [1.54, 1.807) is 13.3 Å².